The van der Waals surface area contributed by atoms with Crippen molar-refractivity contribution in [2.45, 2.75) is 19.9 Å². The minimum atomic E-state index is 0.0160. The van der Waals surface area contributed by atoms with Gasteiger partial charge in [-0.15, -0.1) is 0 Å². The number of amides is 1. The second-order valence-electron chi connectivity index (χ2n) is 6.01. The lowest BCUT2D eigenvalue weighted by molar-refractivity contribution is 0.0989. The first-order chi connectivity index (χ1) is 12.2. The van der Waals surface area contributed by atoms with Gasteiger partial charge >= 0.3 is 0 Å². The number of benzene rings is 2. The number of hydrogen-bond donors (Lipinski definition) is 1. The van der Waals surface area contributed by atoms with Crippen LogP contribution < -0.4 is 10.2 Å². The Kier molecular flexibility index (Phi) is 3.93. The Morgan fingerprint density at radius 1 is 1.24 bits per heavy atom. The van der Waals surface area contributed by atoms with E-state index in [0.717, 1.165) is 24.3 Å². The first-order valence-corrected chi connectivity index (χ1v) is 8.23. The minimum absolute atomic E-state index is 0.0160. The van der Waals surface area contributed by atoms with Crippen LogP contribution in [0.5, 0.6) is 0 Å². The van der Waals surface area contributed by atoms with Gasteiger partial charge in [-0.2, -0.15) is 4.98 Å². The Hall–Kier alpha value is -3.15. The zero-order valence-corrected chi connectivity index (χ0v) is 13.9. The average molecular weight is 334 g/mol. The van der Waals surface area contributed by atoms with Gasteiger partial charge < -0.3 is 14.7 Å². The Morgan fingerprint density at radius 2 is 2.12 bits per heavy atom. The normalized spacial score (nSPS) is 12.9. The monoisotopic (exact) mass is 334 g/mol. The summed E-state index contributed by atoms with van der Waals surface area (Å²) in [6, 6.07) is 15.5. The maximum absolute atomic E-state index is 12.9. The Bertz CT molecular complexity index is 919. The summed E-state index contributed by atoms with van der Waals surface area (Å²) < 4.78 is 5.09. The van der Waals surface area contributed by atoms with Crippen molar-refractivity contribution in [1.82, 2.24) is 10.1 Å². The molecule has 126 valence electrons. The number of rotatable bonds is 4. The highest BCUT2D eigenvalue weighted by Crippen LogP contribution is 2.29. The number of carbonyl (C=O) groups excluding carboxylic acids is 1. The standard InChI is InChI=1S/C19H18N4O2/c1-13-21-18(25-22-13)12-20-16-7-4-6-15(11-16)19(24)23-10-9-14-5-2-3-8-17(14)23/h2-8,11,20H,9-10,12H2,1H3. The molecule has 1 aliphatic rings. The topological polar surface area (TPSA) is 71.3 Å². The molecule has 6 heteroatoms. The summed E-state index contributed by atoms with van der Waals surface area (Å²) in [6.45, 7) is 2.92. The van der Waals surface area contributed by atoms with E-state index in [2.05, 4.69) is 21.5 Å². The molecule has 0 atom stereocenters. The number of fused-ring (bicyclic) bond motifs is 1. The van der Waals surface area contributed by atoms with Gasteiger partial charge in [-0.1, -0.05) is 29.4 Å². The van der Waals surface area contributed by atoms with Crippen LogP contribution in [-0.4, -0.2) is 22.6 Å². The van der Waals surface area contributed by atoms with Crippen molar-refractivity contribution in [2.75, 3.05) is 16.8 Å². The van der Waals surface area contributed by atoms with Crippen molar-refractivity contribution >= 4 is 17.3 Å². The van der Waals surface area contributed by atoms with E-state index in [9.17, 15) is 4.79 Å². The highest BCUT2D eigenvalue weighted by atomic mass is 16.5. The summed E-state index contributed by atoms with van der Waals surface area (Å²) in [6.07, 6.45) is 0.899. The van der Waals surface area contributed by atoms with E-state index in [-0.39, 0.29) is 5.91 Å². The van der Waals surface area contributed by atoms with Gasteiger partial charge in [0.1, 0.15) is 0 Å². The van der Waals surface area contributed by atoms with Gasteiger partial charge in [0.05, 0.1) is 6.54 Å². The third-order valence-electron chi connectivity index (χ3n) is 4.26. The summed E-state index contributed by atoms with van der Waals surface area (Å²) in [5.74, 6) is 1.14. The van der Waals surface area contributed by atoms with Crippen LogP contribution in [0.3, 0.4) is 0 Å². The van der Waals surface area contributed by atoms with Crippen LogP contribution in [0, 0.1) is 6.92 Å². The summed E-state index contributed by atoms with van der Waals surface area (Å²) in [5.41, 5.74) is 3.72. The van der Waals surface area contributed by atoms with E-state index in [1.807, 2.05) is 47.4 Å². The smallest absolute Gasteiger partial charge is 0.258 e. The predicted octanol–water partition coefficient (Wildman–Crippen LogP) is 3.19. The van der Waals surface area contributed by atoms with Gasteiger partial charge in [0.25, 0.3) is 5.91 Å². The largest absolute Gasteiger partial charge is 0.376 e. The van der Waals surface area contributed by atoms with Crippen LogP contribution in [0.1, 0.15) is 27.6 Å². The third kappa shape index (κ3) is 3.10. The summed E-state index contributed by atoms with van der Waals surface area (Å²) in [4.78, 5) is 18.9. The molecule has 0 radical (unpaired) electrons. The maximum atomic E-state index is 12.9. The lowest BCUT2D eigenvalue weighted by Crippen LogP contribution is -2.28. The van der Waals surface area contributed by atoms with E-state index in [4.69, 9.17) is 4.52 Å². The Balaban J connectivity index is 1.50. The molecule has 1 amide bonds. The fraction of sp³-hybridized carbons (Fsp3) is 0.211. The van der Waals surface area contributed by atoms with Gasteiger partial charge in [-0.05, 0) is 43.2 Å². The van der Waals surface area contributed by atoms with Crippen LogP contribution in [0.2, 0.25) is 0 Å². The van der Waals surface area contributed by atoms with Crippen molar-refractivity contribution in [3.63, 3.8) is 0 Å². The van der Waals surface area contributed by atoms with Crippen LogP contribution >= 0.6 is 0 Å². The summed E-state index contributed by atoms with van der Waals surface area (Å²) in [5, 5.41) is 6.97. The first-order valence-electron chi connectivity index (χ1n) is 8.23. The first kappa shape index (κ1) is 15.4. The molecule has 6 nitrogen and oxygen atoms in total. The van der Waals surface area contributed by atoms with Crippen LogP contribution in [0.4, 0.5) is 11.4 Å². The third-order valence-corrected chi connectivity index (χ3v) is 4.26. The highest BCUT2D eigenvalue weighted by molar-refractivity contribution is 6.07. The van der Waals surface area contributed by atoms with Crippen LogP contribution in [0.15, 0.2) is 53.1 Å². The molecule has 0 aliphatic carbocycles. The van der Waals surface area contributed by atoms with Gasteiger partial charge in [0.2, 0.25) is 5.89 Å². The van der Waals surface area contributed by atoms with Crippen LogP contribution in [-0.2, 0) is 13.0 Å². The molecule has 2 aromatic carbocycles. The molecule has 1 aromatic heterocycles. The molecule has 0 fully saturated rings. The van der Waals surface area contributed by atoms with Crippen molar-refractivity contribution in [2.24, 2.45) is 0 Å². The average Bonchev–Trinajstić information content (AvgIpc) is 3.26. The molecular formula is C19H18N4O2. The van der Waals surface area contributed by atoms with Gasteiger partial charge in [0.15, 0.2) is 5.82 Å². The molecule has 0 saturated carbocycles. The second-order valence-corrected chi connectivity index (χ2v) is 6.01. The zero-order chi connectivity index (χ0) is 17.2. The second kappa shape index (κ2) is 6.39. The molecule has 0 saturated heterocycles. The van der Waals surface area contributed by atoms with Crippen molar-refractivity contribution in [1.29, 1.82) is 0 Å². The molecule has 0 unspecified atom stereocenters. The molecular weight excluding hydrogens is 316 g/mol. The fourth-order valence-electron chi connectivity index (χ4n) is 3.06. The molecule has 3 aromatic rings. The van der Waals surface area contributed by atoms with Crippen molar-refractivity contribution < 1.29 is 9.32 Å². The van der Waals surface area contributed by atoms with Crippen molar-refractivity contribution in [3.8, 4) is 0 Å². The number of nitrogens with one attached hydrogen (secondary N) is 1. The Labute approximate surface area is 145 Å². The minimum Gasteiger partial charge on any atom is -0.376 e. The highest BCUT2D eigenvalue weighted by Gasteiger charge is 2.25. The molecule has 1 N–H and O–H groups in total. The number of carbonyl (C=O) groups is 1. The molecule has 0 spiro atoms. The number of nitrogens with zero attached hydrogens (tertiary/aromatic N) is 3. The van der Waals surface area contributed by atoms with E-state index >= 15 is 0 Å². The number of para-hydroxylation sites is 1. The number of aromatic nitrogens is 2. The molecule has 4 rings (SSSR count). The SMILES string of the molecule is Cc1noc(CNc2cccc(C(=O)N3CCc4ccccc43)c2)n1. The number of hydrogen-bond acceptors (Lipinski definition) is 5. The predicted molar refractivity (Wildman–Crippen MR) is 94.6 cm³/mol. The van der Waals surface area contributed by atoms with Crippen LogP contribution in [0.25, 0.3) is 0 Å². The fourth-order valence-corrected chi connectivity index (χ4v) is 3.06. The molecule has 0 bridgehead atoms. The summed E-state index contributed by atoms with van der Waals surface area (Å²) in [7, 11) is 0. The zero-order valence-electron chi connectivity index (χ0n) is 13.9. The van der Waals surface area contributed by atoms with Crippen molar-refractivity contribution in [3.05, 3.63) is 71.4 Å². The number of aryl methyl sites for hydroxylation is 1. The lowest BCUT2D eigenvalue weighted by atomic mass is 10.1. The molecule has 25 heavy (non-hydrogen) atoms. The Morgan fingerprint density at radius 3 is 2.96 bits per heavy atom. The van der Waals surface area contributed by atoms with Gasteiger partial charge in [-0.3, -0.25) is 4.79 Å². The van der Waals surface area contributed by atoms with E-state index in [1.54, 1.807) is 6.92 Å². The quantitative estimate of drug-likeness (QED) is 0.793. The molecule has 2 heterocycles. The van der Waals surface area contributed by atoms with E-state index < -0.39 is 0 Å². The van der Waals surface area contributed by atoms with Gasteiger partial charge in [-0.25, -0.2) is 0 Å². The van der Waals surface area contributed by atoms with Gasteiger partial charge in [0, 0.05) is 23.5 Å². The maximum Gasteiger partial charge on any atom is 0.258 e. The lowest BCUT2D eigenvalue weighted by Gasteiger charge is -2.18. The summed E-state index contributed by atoms with van der Waals surface area (Å²) >= 11 is 0. The van der Waals surface area contributed by atoms with E-state index in [0.29, 0.717) is 23.8 Å². The van der Waals surface area contributed by atoms with E-state index in [1.165, 1.54) is 5.56 Å². The molecule has 1 aliphatic heterocycles. The number of anilines is 2.